The Kier molecular flexibility index (Phi) is 9.95. The Labute approximate surface area is 268 Å². The van der Waals surface area contributed by atoms with E-state index in [2.05, 4.69) is 25.9 Å². The van der Waals surface area contributed by atoms with Crippen LogP contribution in [0.15, 0.2) is 85.2 Å². The normalized spacial score (nSPS) is 12.8. The number of aromatic amines is 2. The van der Waals surface area contributed by atoms with E-state index in [4.69, 9.17) is 9.47 Å². The molecule has 46 heavy (non-hydrogen) atoms. The van der Waals surface area contributed by atoms with Crippen molar-refractivity contribution in [2.45, 2.75) is 57.7 Å². The van der Waals surface area contributed by atoms with Gasteiger partial charge in [0.2, 0.25) is 11.8 Å². The maximum atomic E-state index is 13.8. The molecule has 10 nitrogen and oxygen atoms in total. The zero-order chi connectivity index (χ0) is 32.7. The minimum absolute atomic E-state index is 0.220. The minimum Gasteiger partial charge on any atom is -0.497 e. The number of nitrogens with one attached hydrogen (secondary N) is 5. The first-order valence-corrected chi connectivity index (χ1v) is 15.4. The Morgan fingerprint density at radius 1 is 0.761 bits per heavy atom. The molecule has 3 amide bonds. The summed E-state index contributed by atoms with van der Waals surface area (Å²) >= 11 is 0. The average molecular weight is 624 g/mol. The molecule has 2 aromatic heterocycles. The predicted octanol–water partition coefficient (Wildman–Crippen LogP) is 5.18. The lowest BCUT2D eigenvalue weighted by atomic mass is 10.0. The number of para-hydroxylation sites is 1. The lowest BCUT2D eigenvalue weighted by Crippen LogP contribution is -2.55. The highest BCUT2D eigenvalue weighted by molar-refractivity contribution is 5.92. The number of hydrogen-bond donors (Lipinski definition) is 5. The topological polar surface area (TPSA) is 137 Å². The van der Waals surface area contributed by atoms with Gasteiger partial charge in [0.15, 0.2) is 0 Å². The van der Waals surface area contributed by atoms with Gasteiger partial charge in [-0.2, -0.15) is 0 Å². The average Bonchev–Trinajstić information content (AvgIpc) is 3.63. The summed E-state index contributed by atoms with van der Waals surface area (Å²) in [6, 6.07) is 21.1. The molecule has 3 aromatic carbocycles. The van der Waals surface area contributed by atoms with Gasteiger partial charge in [-0.15, -0.1) is 0 Å². The summed E-state index contributed by atoms with van der Waals surface area (Å²) in [5, 5.41) is 10.7. The lowest BCUT2D eigenvalue weighted by Gasteiger charge is -2.25. The van der Waals surface area contributed by atoms with E-state index in [1.165, 1.54) is 0 Å². The van der Waals surface area contributed by atoms with Crippen molar-refractivity contribution >= 4 is 39.7 Å². The molecule has 0 saturated carbocycles. The molecule has 240 valence electrons. The second kappa shape index (κ2) is 14.2. The Hall–Kier alpha value is -5.25. The van der Waals surface area contributed by atoms with Crippen molar-refractivity contribution in [3.8, 4) is 5.75 Å². The van der Waals surface area contributed by atoms with E-state index in [-0.39, 0.29) is 18.7 Å². The van der Waals surface area contributed by atoms with Crippen molar-refractivity contribution < 1.29 is 23.9 Å². The molecular weight excluding hydrogens is 582 g/mol. The third-order valence-electron chi connectivity index (χ3n) is 7.69. The maximum absolute atomic E-state index is 13.8. The second-order valence-electron chi connectivity index (χ2n) is 12.3. The summed E-state index contributed by atoms with van der Waals surface area (Å²) in [5.41, 5.74) is 3.95. The van der Waals surface area contributed by atoms with Crippen molar-refractivity contribution in [1.82, 2.24) is 25.9 Å². The lowest BCUT2D eigenvalue weighted by molar-refractivity contribution is -0.130. The fourth-order valence-corrected chi connectivity index (χ4v) is 5.45. The van der Waals surface area contributed by atoms with Gasteiger partial charge in [-0.05, 0) is 68.1 Å². The van der Waals surface area contributed by atoms with E-state index >= 15 is 0 Å². The third kappa shape index (κ3) is 8.26. The fourth-order valence-electron chi connectivity index (χ4n) is 5.45. The number of amides is 3. The van der Waals surface area contributed by atoms with Crippen LogP contribution in [0.5, 0.6) is 5.75 Å². The molecule has 0 aliphatic heterocycles. The highest BCUT2D eigenvalue weighted by Crippen LogP contribution is 2.24. The molecule has 5 aromatic rings. The maximum Gasteiger partial charge on any atom is 0.408 e. The first kappa shape index (κ1) is 32.2. The third-order valence-corrected chi connectivity index (χ3v) is 7.69. The molecule has 0 saturated heterocycles. The van der Waals surface area contributed by atoms with Gasteiger partial charge >= 0.3 is 6.09 Å². The zero-order valence-corrected chi connectivity index (χ0v) is 26.6. The van der Waals surface area contributed by atoms with Crippen LogP contribution >= 0.6 is 0 Å². The molecule has 2 atom stereocenters. The number of fused-ring (bicyclic) bond motifs is 2. The van der Waals surface area contributed by atoms with Gasteiger partial charge in [-0.25, -0.2) is 4.79 Å². The molecule has 0 radical (unpaired) electrons. The number of rotatable bonds is 12. The first-order valence-electron chi connectivity index (χ1n) is 15.4. The van der Waals surface area contributed by atoms with Crippen molar-refractivity contribution in [3.63, 3.8) is 0 Å². The summed E-state index contributed by atoms with van der Waals surface area (Å²) in [6.07, 6.45) is 4.11. The summed E-state index contributed by atoms with van der Waals surface area (Å²) in [7, 11) is 1.63. The highest BCUT2D eigenvalue weighted by atomic mass is 16.6. The number of alkyl carbamates (subject to hydrolysis) is 1. The number of carbonyl (C=O) groups excluding carboxylic acids is 3. The van der Waals surface area contributed by atoms with Gasteiger partial charge in [0.05, 0.1) is 7.11 Å². The van der Waals surface area contributed by atoms with E-state index in [0.29, 0.717) is 13.0 Å². The standard InChI is InChI=1S/C36H41N5O5/c1-36(2,3)46-35(44)41-31(18-23-10-6-5-7-11-23)34(43)40-32(19-25-22-39-29-13-9-8-12-27(25)29)33(42)37-17-16-24-21-38-30-15-14-26(45-4)20-28(24)30/h5-15,20-22,31-32,38-39H,16-19H2,1-4H3,(H,37,42)(H,40,43)(H,41,44)/t31-,32-/m0/s1. The number of ether oxygens (including phenoxy) is 2. The van der Waals surface area contributed by atoms with Crippen LogP contribution in [-0.2, 0) is 33.6 Å². The molecule has 0 spiro atoms. The smallest absolute Gasteiger partial charge is 0.408 e. The highest BCUT2D eigenvalue weighted by Gasteiger charge is 2.29. The van der Waals surface area contributed by atoms with Crippen molar-refractivity contribution in [1.29, 1.82) is 0 Å². The van der Waals surface area contributed by atoms with Crippen LogP contribution in [0.25, 0.3) is 21.8 Å². The molecule has 0 aliphatic rings. The van der Waals surface area contributed by atoms with Crippen molar-refractivity contribution in [2.24, 2.45) is 0 Å². The molecular formula is C36H41N5O5. The fraction of sp³-hybridized carbons (Fsp3) is 0.306. The number of benzene rings is 3. The van der Waals surface area contributed by atoms with Crippen LogP contribution in [0.2, 0.25) is 0 Å². The molecule has 0 bridgehead atoms. The van der Waals surface area contributed by atoms with Gasteiger partial charge in [0, 0.05) is 53.6 Å². The van der Waals surface area contributed by atoms with E-state index in [0.717, 1.165) is 44.2 Å². The van der Waals surface area contributed by atoms with Crippen molar-refractivity contribution in [2.75, 3.05) is 13.7 Å². The second-order valence-corrected chi connectivity index (χ2v) is 12.3. The van der Waals surface area contributed by atoms with Crippen LogP contribution in [0.3, 0.4) is 0 Å². The number of carbonyl (C=O) groups is 3. The summed E-state index contributed by atoms with van der Waals surface area (Å²) < 4.78 is 10.8. The number of H-pyrrole nitrogens is 2. The predicted molar refractivity (Wildman–Crippen MR) is 179 cm³/mol. The number of aromatic nitrogens is 2. The molecule has 0 fully saturated rings. The SMILES string of the molecule is COc1ccc2[nH]cc(CCNC(=O)[C@H](Cc3c[nH]c4ccccc34)NC(=O)[C@H](Cc3ccccc3)NC(=O)OC(C)(C)C)c2c1. The molecule has 0 aliphatic carbocycles. The Morgan fingerprint density at radius 2 is 1.43 bits per heavy atom. The van der Waals surface area contributed by atoms with Gasteiger partial charge in [0.25, 0.3) is 0 Å². The molecule has 5 N–H and O–H groups in total. The van der Waals surface area contributed by atoms with E-state index < -0.39 is 29.7 Å². The molecule has 2 heterocycles. The van der Waals surface area contributed by atoms with Crippen LogP contribution < -0.4 is 20.7 Å². The molecule has 5 rings (SSSR count). The summed E-state index contributed by atoms with van der Waals surface area (Å²) in [4.78, 5) is 46.9. The van der Waals surface area contributed by atoms with Gasteiger partial charge < -0.3 is 35.4 Å². The van der Waals surface area contributed by atoms with Gasteiger partial charge in [-0.1, -0.05) is 48.5 Å². The van der Waals surface area contributed by atoms with Crippen molar-refractivity contribution in [3.05, 3.63) is 102 Å². The van der Waals surface area contributed by atoms with Gasteiger partial charge in [0.1, 0.15) is 23.4 Å². The van der Waals surface area contributed by atoms with E-state index in [9.17, 15) is 14.4 Å². The van der Waals surface area contributed by atoms with E-state index in [1.807, 2.05) is 85.2 Å². The molecule has 10 heteroatoms. The van der Waals surface area contributed by atoms with Crippen LogP contribution in [0, 0.1) is 0 Å². The Balaban J connectivity index is 1.34. The quantitative estimate of drug-likeness (QED) is 0.130. The zero-order valence-electron chi connectivity index (χ0n) is 26.6. The van der Waals surface area contributed by atoms with Crippen LogP contribution in [0.4, 0.5) is 4.79 Å². The number of hydrogen-bond acceptors (Lipinski definition) is 5. The molecule has 0 unspecified atom stereocenters. The largest absolute Gasteiger partial charge is 0.497 e. The van der Waals surface area contributed by atoms with Crippen LogP contribution in [0.1, 0.15) is 37.5 Å². The van der Waals surface area contributed by atoms with Crippen LogP contribution in [-0.4, -0.2) is 59.2 Å². The Bertz CT molecular complexity index is 1800. The monoisotopic (exact) mass is 623 g/mol. The summed E-state index contributed by atoms with van der Waals surface area (Å²) in [6.45, 7) is 5.63. The first-order chi connectivity index (χ1) is 22.1. The minimum atomic E-state index is -0.975. The summed E-state index contributed by atoms with van der Waals surface area (Å²) in [5.74, 6) is -0.0610. The Morgan fingerprint density at radius 3 is 2.17 bits per heavy atom. The number of methoxy groups -OCH3 is 1. The van der Waals surface area contributed by atoms with E-state index in [1.54, 1.807) is 27.9 Å². The van der Waals surface area contributed by atoms with Gasteiger partial charge in [-0.3, -0.25) is 9.59 Å².